The zero-order valence-corrected chi connectivity index (χ0v) is 16.2. The van der Waals surface area contributed by atoms with E-state index in [0.717, 1.165) is 11.1 Å². The molecule has 0 bridgehead atoms. The fourth-order valence-corrected chi connectivity index (χ4v) is 3.73. The van der Waals surface area contributed by atoms with Crippen molar-refractivity contribution in [2.24, 2.45) is 0 Å². The Kier molecular flexibility index (Phi) is 5.46. The molecule has 0 saturated carbocycles. The number of halogens is 1. The van der Waals surface area contributed by atoms with Crippen LogP contribution >= 0.6 is 0 Å². The minimum Gasteiger partial charge on any atom is -0.322 e. The first-order valence-electron chi connectivity index (χ1n) is 8.52. The van der Waals surface area contributed by atoms with E-state index in [9.17, 15) is 17.6 Å². The third kappa shape index (κ3) is 4.55. The molecule has 0 fully saturated rings. The van der Waals surface area contributed by atoms with Gasteiger partial charge in [0.2, 0.25) is 0 Å². The number of anilines is 2. The van der Waals surface area contributed by atoms with Gasteiger partial charge in [0.05, 0.1) is 10.6 Å². The van der Waals surface area contributed by atoms with Crippen LogP contribution in [0.25, 0.3) is 0 Å². The third-order valence-corrected chi connectivity index (χ3v) is 5.53. The lowest BCUT2D eigenvalue weighted by Gasteiger charge is -2.12. The van der Waals surface area contributed by atoms with E-state index in [2.05, 4.69) is 10.0 Å². The van der Waals surface area contributed by atoms with Crippen LogP contribution in [0.5, 0.6) is 0 Å². The van der Waals surface area contributed by atoms with Gasteiger partial charge in [0.15, 0.2) is 0 Å². The molecule has 28 heavy (non-hydrogen) atoms. The number of benzene rings is 3. The molecule has 0 aliphatic heterocycles. The van der Waals surface area contributed by atoms with Gasteiger partial charge in [-0.05, 0) is 73.5 Å². The SMILES string of the molecule is Cc1ccc(C)c(NS(=O)(=O)c2ccc(C(=O)Nc3cccc(F)c3)cc2)c1. The Bertz CT molecular complexity index is 1130. The van der Waals surface area contributed by atoms with Crippen LogP contribution in [0, 0.1) is 19.7 Å². The minimum atomic E-state index is -3.79. The highest BCUT2D eigenvalue weighted by molar-refractivity contribution is 7.92. The van der Waals surface area contributed by atoms with Crippen LogP contribution < -0.4 is 10.0 Å². The van der Waals surface area contributed by atoms with Crippen LogP contribution in [0.15, 0.2) is 71.6 Å². The van der Waals surface area contributed by atoms with Gasteiger partial charge in [-0.1, -0.05) is 18.2 Å². The molecule has 0 unspecified atom stereocenters. The maximum Gasteiger partial charge on any atom is 0.261 e. The summed E-state index contributed by atoms with van der Waals surface area (Å²) < 4.78 is 41.0. The Balaban J connectivity index is 1.77. The Morgan fingerprint density at radius 3 is 2.32 bits per heavy atom. The van der Waals surface area contributed by atoms with Gasteiger partial charge in [-0.15, -0.1) is 0 Å². The van der Waals surface area contributed by atoms with E-state index in [1.807, 2.05) is 26.0 Å². The number of sulfonamides is 1. The van der Waals surface area contributed by atoms with E-state index in [4.69, 9.17) is 0 Å². The molecule has 144 valence electrons. The molecule has 7 heteroatoms. The molecule has 0 aliphatic rings. The molecular formula is C21H19FN2O3S. The van der Waals surface area contributed by atoms with Gasteiger partial charge in [0.25, 0.3) is 15.9 Å². The van der Waals surface area contributed by atoms with Gasteiger partial charge < -0.3 is 5.32 Å². The normalized spacial score (nSPS) is 11.1. The average Bonchev–Trinajstić information content (AvgIpc) is 2.64. The summed E-state index contributed by atoms with van der Waals surface area (Å²) in [6.07, 6.45) is 0. The van der Waals surface area contributed by atoms with Gasteiger partial charge in [0, 0.05) is 11.3 Å². The first-order valence-corrected chi connectivity index (χ1v) is 10.00. The van der Waals surface area contributed by atoms with Crippen LogP contribution in [0.1, 0.15) is 21.5 Å². The Morgan fingerprint density at radius 1 is 0.929 bits per heavy atom. The predicted molar refractivity (Wildman–Crippen MR) is 108 cm³/mol. The number of nitrogens with one attached hydrogen (secondary N) is 2. The standard InChI is InChI=1S/C21H19FN2O3S/c1-14-6-7-15(2)20(12-14)24-28(26,27)19-10-8-16(9-11-19)21(25)23-18-5-3-4-17(22)13-18/h3-13,24H,1-2H3,(H,23,25). The fourth-order valence-electron chi connectivity index (χ4n) is 2.60. The Hall–Kier alpha value is -3.19. The summed E-state index contributed by atoms with van der Waals surface area (Å²) in [5.41, 5.74) is 2.83. The van der Waals surface area contributed by atoms with Gasteiger partial charge in [0.1, 0.15) is 5.82 Å². The Labute approximate surface area is 163 Å². The van der Waals surface area contributed by atoms with Crippen molar-refractivity contribution in [2.45, 2.75) is 18.7 Å². The molecular weight excluding hydrogens is 379 g/mol. The summed E-state index contributed by atoms with van der Waals surface area (Å²) in [7, 11) is -3.79. The van der Waals surface area contributed by atoms with Crippen molar-refractivity contribution in [3.63, 3.8) is 0 Å². The fraction of sp³-hybridized carbons (Fsp3) is 0.0952. The van der Waals surface area contributed by atoms with E-state index in [1.165, 1.54) is 42.5 Å². The lowest BCUT2D eigenvalue weighted by Crippen LogP contribution is -2.15. The summed E-state index contributed by atoms with van der Waals surface area (Å²) in [6.45, 7) is 3.69. The van der Waals surface area contributed by atoms with Crippen LogP contribution in [0.4, 0.5) is 15.8 Å². The number of rotatable bonds is 5. The van der Waals surface area contributed by atoms with Gasteiger partial charge in [-0.2, -0.15) is 0 Å². The molecule has 0 atom stereocenters. The molecule has 0 saturated heterocycles. The van der Waals surface area contributed by atoms with E-state index in [1.54, 1.807) is 12.1 Å². The average molecular weight is 398 g/mol. The second kappa shape index (κ2) is 7.82. The number of amides is 1. The van der Waals surface area contributed by atoms with Gasteiger partial charge >= 0.3 is 0 Å². The molecule has 2 N–H and O–H groups in total. The summed E-state index contributed by atoms with van der Waals surface area (Å²) in [5.74, 6) is -0.922. The summed E-state index contributed by atoms with van der Waals surface area (Å²) in [5, 5.41) is 2.57. The molecule has 3 aromatic rings. The van der Waals surface area contributed by atoms with Crippen LogP contribution in [0.3, 0.4) is 0 Å². The van der Waals surface area contributed by atoms with Crippen molar-refractivity contribution < 1.29 is 17.6 Å². The molecule has 5 nitrogen and oxygen atoms in total. The highest BCUT2D eigenvalue weighted by Gasteiger charge is 2.16. The molecule has 3 aromatic carbocycles. The molecule has 0 radical (unpaired) electrons. The summed E-state index contributed by atoms with van der Waals surface area (Å²) >= 11 is 0. The lowest BCUT2D eigenvalue weighted by molar-refractivity contribution is 0.102. The topological polar surface area (TPSA) is 75.3 Å². The summed E-state index contributed by atoms with van der Waals surface area (Å²) in [6, 6.07) is 16.6. The van der Waals surface area contributed by atoms with Crippen LogP contribution in [0.2, 0.25) is 0 Å². The highest BCUT2D eigenvalue weighted by Crippen LogP contribution is 2.21. The molecule has 0 heterocycles. The van der Waals surface area contributed by atoms with E-state index >= 15 is 0 Å². The van der Waals surface area contributed by atoms with Crippen molar-refractivity contribution in [1.29, 1.82) is 0 Å². The van der Waals surface area contributed by atoms with Crippen molar-refractivity contribution >= 4 is 27.3 Å². The second-order valence-electron chi connectivity index (χ2n) is 6.41. The largest absolute Gasteiger partial charge is 0.322 e. The number of carbonyl (C=O) groups is 1. The second-order valence-corrected chi connectivity index (χ2v) is 8.10. The van der Waals surface area contributed by atoms with Gasteiger partial charge in [-0.25, -0.2) is 12.8 Å². The number of hydrogen-bond donors (Lipinski definition) is 2. The van der Waals surface area contributed by atoms with Gasteiger partial charge in [-0.3, -0.25) is 9.52 Å². The highest BCUT2D eigenvalue weighted by atomic mass is 32.2. The quantitative estimate of drug-likeness (QED) is 0.665. The molecule has 1 amide bonds. The first-order chi connectivity index (χ1) is 13.2. The van der Waals surface area contributed by atoms with Crippen LogP contribution in [-0.2, 0) is 10.0 Å². The first kappa shape index (κ1) is 19.6. The van der Waals surface area contributed by atoms with E-state index in [0.29, 0.717) is 11.4 Å². The Morgan fingerprint density at radius 2 is 1.64 bits per heavy atom. The maximum atomic E-state index is 13.2. The van der Waals surface area contributed by atoms with Crippen molar-refractivity contribution in [2.75, 3.05) is 10.0 Å². The smallest absolute Gasteiger partial charge is 0.261 e. The number of aryl methyl sites for hydroxylation is 2. The maximum absolute atomic E-state index is 13.2. The van der Waals surface area contributed by atoms with E-state index < -0.39 is 21.7 Å². The van der Waals surface area contributed by atoms with Crippen molar-refractivity contribution in [3.05, 3.63) is 89.2 Å². The minimum absolute atomic E-state index is 0.0377. The zero-order chi connectivity index (χ0) is 20.3. The van der Waals surface area contributed by atoms with Crippen molar-refractivity contribution in [1.82, 2.24) is 0 Å². The molecule has 0 aromatic heterocycles. The predicted octanol–water partition coefficient (Wildman–Crippen LogP) is 4.50. The van der Waals surface area contributed by atoms with Crippen LogP contribution in [-0.4, -0.2) is 14.3 Å². The lowest BCUT2D eigenvalue weighted by atomic mass is 10.1. The number of hydrogen-bond acceptors (Lipinski definition) is 3. The molecule has 0 aliphatic carbocycles. The molecule has 3 rings (SSSR count). The number of carbonyl (C=O) groups excluding carboxylic acids is 1. The van der Waals surface area contributed by atoms with E-state index in [-0.39, 0.29) is 10.5 Å². The monoisotopic (exact) mass is 398 g/mol. The zero-order valence-electron chi connectivity index (χ0n) is 15.4. The summed E-state index contributed by atoms with van der Waals surface area (Å²) in [4.78, 5) is 12.3. The van der Waals surface area contributed by atoms with Crippen molar-refractivity contribution in [3.8, 4) is 0 Å². The third-order valence-electron chi connectivity index (χ3n) is 4.15. The molecule has 0 spiro atoms.